The molecule has 3 aliphatic rings. The van der Waals surface area contributed by atoms with Gasteiger partial charge in [0.15, 0.2) is 0 Å². The number of fused-ring (bicyclic) bond motifs is 2. The maximum Gasteiger partial charge on any atom is 0.0233 e. The summed E-state index contributed by atoms with van der Waals surface area (Å²) in [5.41, 5.74) is 4.66. The molecule has 2 aliphatic carbocycles. The molecular weight excluding hydrogens is 340 g/mol. The Morgan fingerprint density at radius 1 is 0.929 bits per heavy atom. The van der Waals surface area contributed by atoms with Crippen molar-refractivity contribution < 1.29 is 0 Å². The van der Waals surface area contributed by atoms with Crippen LogP contribution in [0.5, 0.6) is 0 Å². The molecule has 2 heteroatoms. The van der Waals surface area contributed by atoms with Crippen LogP contribution >= 0.6 is 0 Å². The lowest BCUT2D eigenvalue weighted by atomic mass is 9.87. The van der Waals surface area contributed by atoms with Crippen molar-refractivity contribution in [1.82, 2.24) is 9.80 Å². The van der Waals surface area contributed by atoms with E-state index in [1.165, 1.54) is 57.4 Å². The van der Waals surface area contributed by atoms with Crippen molar-refractivity contribution in [3.05, 3.63) is 71.3 Å². The maximum atomic E-state index is 2.86. The van der Waals surface area contributed by atoms with Gasteiger partial charge in [0.2, 0.25) is 0 Å². The van der Waals surface area contributed by atoms with Crippen molar-refractivity contribution in [2.45, 2.75) is 45.2 Å². The average Bonchev–Trinajstić information content (AvgIpc) is 3.17. The van der Waals surface area contributed by atoms with Crippen LogP contribution in [-0.2, 0) is 19.4 Å². The monoisotopic (exact) mass is 374 g/mol. The Morgan fingerprint density at radius 3 is 2.39 bits per heavy atom. The van der Waals surface area contributed by atoms with Crippen LogP contribution in [0, 0.1) is 17.8 Å². The average molecular weight is 375 g/mol. The molecule has 1 saturated carbocycles. The van der Waals surface area contributed by atoms with Gasteiger partial charge in [0.05, 0.1) is 0 Å². The number of hydrogen-bond donors (Lipinski definition) is 0. The molecule has 0 amide bonds. The Balaban J connectivity index is 1.16. The molecule has 5 rings (SSSR count). The largest absolute Gasteiger partial charge is 0.300 e. The van der Waals surface area contributed by atoms with Gasteiger partial charge in [-0.1, -0.05) is 61.5 Å². The van der Waals surface area contributed by atoms with Gasteiger partial charge < -0.3 is 0 Å². The highest BCUT2D eigenvalue weighted by Gasteiger charge is 2.55. The van der Waals surface area contributed by atoms with Crippen molar-refractivity contribution in [1.29, 1.82) is 0 Å². The maximum absolute atomic E-state index is 2.86. The molecule has 2 nitrogen and oxygen atoms in total. The van der Waals surface area contributed by atoms with Crippen molar-refractivity contribution in [2.24, 2.45) is 17.8 Å². The zero-order valence-corrected chi connectivity index (χ0v) is 17.3. The summed E-state index contributed by atoms with van der Waals surface area (Å²) in [5.74, 6) is 2.87. The van der Waals surface area contributed by atoms with Gasteiger partial charge in [-0.25, -0.2) is 0 Å². The molecule has 1 aliphatic heterocycles. The van der Waals surface area contributed by atoms with Crippen LogP contribution < -0.4 is 0 Å². The van der Waals surface area contributed by atoms with E-state index >= 15 is 0 Å². The first kappa shape index (κ1) is 18.4. The summed E-state index contributed by atoms with van der Waals surface area (Å²) in [6.45, 7) is 8.73. The highest BCUT2D eigenvalue weighted by atomic mass is 15.2. The van der Waals surface area contributed by atoms with Crippen LogP contribution in [0.25, 0.3) is 0 Å². The van der Waals surface area contributed by atoms with E-state index in [4.69, 9.17) is 0 Å². The summed E-state index contributed by atoms with van der Waals surface area (Å²) in [7, 11) is 0. The highest BCUT2D eigenvalue weighted by molar-refractivity contribution is 5.30. The molecule has 0 N–H and O–H groups in total. The quantitative estimate of drug-likeness (QED) is 0.697. The minimum atomic E-state index is 0.761. The second-order valence-electron chi connectivity index (χ2n) is 9.33. The van der Waals surface area contributed by atoms with Gasteiger partial charge in [0.1, 0.15) is 0 Å². The van der Waals surface area contributed by atoms with Crippen molar-refractivity contribution in [2.75, 3.05) is 26.2 Å². The topological polar surface area (TPSA) is 6.48 Å². The second kappa shape index (κ2) is 8.00. The van der Waals surface area contributed by atoms with E-state index in [1.807, 2.05) is 0 Å². The van der Waals surface area contributed by atoms with E-state index in [1.54, 1.807) is 11.1 Å². The number of nitrogens with zero attached hydrogens (tertiary/aromatic N) is 2. The van der Waals surface area contributed by atoms with Crippen LogP contribution in [0.2, 0.25) is 0 Å². The minimum Gasteiger partial charge on any atom is -0.300 e. The highest BCUT2D eigenvalue weighted by Crippen LogP contribution is 2.52. The normalized spacial score (nSPS) is 28.9. The smallest absolute Gasteiger partial charge is 0.0233 e. The predicted octanol–water partition coefficient (Wildman–Crippen LogP) is 4.63. The molecule has 2 aromatic rings. The molecule has 28 heavy (non-hydrogen) atoms. The fourth-order valence-corrected chi connectivity index (χ4v) is 5.95. The SMILES string of the molecule is CCCN(C[C@H]1[C@@H]2CN(Cc3ccccc3)C[C@@H]21)C1CCc2ccccc2C1. The van der Waals surface area contributed by atoms with E-state index in [-0.39, 0.29) is 0 Å². The number of piperidine rings is 1. The summed E-state index contributed by atoms with van der Waals surface area (Å²) in [5, 5.41) is 0. The first-order valence-electron chi connectivity index (χ1n) is 11.4. The van der Waals surface area contributed by atoms with Crippen LogP contribution in [0.15, 0.2) is 54.6 Å². The van der Waals surface area contributed by atoms with Gasteiger partial charge in [-0.2, -0.15) is 0 Å². The third-order valence-corrected chi connectivity index (χ3v) is 7.49. The Morgan fingerprint density at radius 2 is 1.64 bits per heavy atom. The third kappa shape index (κ3) is 3.77. The van der Waals surface area contributed by atoms with Gasteiger partial charge in [-0.3, -0.25) is 9.80 Å². The fourth-order valence-electron chi connectivity index (χ4n) is 5.95. The zero-order valence-electron chi connectivity index (χ0n) is 17.3. The molecule has 1 unspecified atom stereocenters. The Hall–Kier alpha value is -1.64. The van der Waals surface area contributed by atoms with Gasteiger partial charge in [0.25, 0.3) is 0 Å². The van der Waals surface area contributed by atoms with E-state index in [0.717, 1.165) is 30.3 Å². The third-order valence-electron chi connectivity index (χ3n) is 7.49. The summed E-state index contributed by atoms with van der Waals surface area (Å²) in [6, 6.07) is 20.9. The van der Waals surface area contributed by atoms with E-state index in [9.17, 15) is 0 Å². The van der Waals surface area contributed by atoms with Crippen LogP contribution in [-0.4, -0.2) is 42.0 Å². The number of benzene rings is 2. The number of rotatable bonds is 7. The molecule has 4 atom stereocenters. The van der Waals surface area contributed by atoms with Crippen molar-refractivity contribution >= 4 is 0 Å². The number of aryl methyl sites for hydroxylation is 1. The molecule has 2 aromatic carbocycles. The lowest BCUT2D eigenvalue weighted by Crippen LogP contribution is -2.42. The van der Waals surface area contributed by atoms with E-state index in [2.05, 4.69) is 71.3 Å². The first-order chi connectivity index (χ1) is 13.8. The van der Waals surface area contributed by atoms with Gasteiger partial charge in [-0.05, 0) is 66.7 Å². The van der Waals surface area contributed by atoms with Crippen LogP contribution in [0.3, 0.4) is 0 Å². The fraction of sp³-hybridized carbons (Fsp3) is 0.538. The molecule has 0 spiro atoms. The van der Waals surface area contributed by atoms with Gasteiger partial charge in [-0.15, -0.1) is 0 Å². The molecule has 148 valence electrons. The van der Waals surface area contributed by atoms with Crippen molar-refractivity contribution in [3.63, 3.8) is 0 Å². The molecule has 0 bridgehead atoms. The lowest BCUT2D eigenvalue weighted by Gasteiger charge is -2.36. The molecule has 0 aromatic heterocycles. The lowest BCUT2D eigenvalue weighted by molar-refractivity contribution is 0.157. The minimum absolute atomic E-state index is 0.761. The van der Waals surface area contributed by atoms with Crippen LogP contribution in [0.1, 0.15) is 36.5 Å². The second-order valence-corrected chi connectivity index (χ2v) is 9.33. The summed E-state index contributed by atoms with van der Waals surface area (Å²) >= 11 is 0. The summed E-state index contributed by atoms with van der Waals surface area (Å²) in [6.07, 6.45) is 5.15. The molecule has 1 heterocycles. The van der Waals surface area contributed by atoms with Crippen LogP contribution in [0.4, 0.5) is 0 Å². The Labute approximate surface area is 170 Å². The van der Waals surface area contributed by atoms with Crippen molar-refractivity contribution in [3.8, 4) is 0 Å². The summed E-state index contributed by atoms with van der Waals surface area (Å²) < 4.78 is 0. The molecule has 0 radical (unpaired) electrons. The Bertz CT molecular complexity index is 774. The molecule has 1 saturated heterocycles. The first-order valence-corrected chi connectivity index (χ1v) is 11.4. The summed E-state index contributed by atoms with van der Waals surface area (Å²) in [4.78, 5) is 5.54. The standard InChI is InChI=1S/C26H34N2/c1-2-14-28(23-13-12-21-10-6-7-11-22(21)15-23)19-26-24-17-27(18-25(24)26)16-20-8-4-3-5-9-20/h3-11,23-26H,2,12-19H2,1H3/t23?,24-,25+,26+. The van der Waals surface area contributed by atoms with E-state index in [0.29, 0.717) is 0 Å². The molecular formula is C26H34N2. The molecule has 2 fully saturated rings. The predicted molar refractivity (Wildman–Crippen MR) is 116 cm³/mol. The van der Waals surface area contributed by atoms with Gasteiger partial charge in [0, 0.05) is 32.2 Å². The zero-order chi connectivity index (χ0) is 18.9. The number of likely N-dealkylation sites (tertiary alicyclic amines) is 1. The van der Waals surface area contributed by atoms with Gasteiger partial charge >= 0.3 is 0 Å². The number of hydrogen-bond acceptors (Lipinski definition) is 2. The van der Waals surface area contributed by atoms with E-state index < -0.39 is 0 Å². The Kier molecular flexibility index (Phi) is 5.26.